The second-order valence-electron chi connectivity index (χ2n) is 6.13. The predicted molar refractivity (Wildman–Crippen MR) is 90.5 cm³/mol. The van der Waals surface area contributed by atoms with Gasteiger partial charge in [-0.2, -0.15) is 0 Å². The van der Waals surface area contributed by atoms with Gasteiger partial charge in [-0.3, -0.25) is 0 Å². The molecule has 3 rings (SSSR count). The molecule has 0 saturated heterocycles. The Morgan fingerprint density at radius 3 is 2.48 bits per heavy atom. The van der Waals surface area contributed by atoms with Crippen molar-refractivity contribution >= 4 is 0 Å². The third-order valence-corrected chi connectivity index (χ3v) is 4.51. The zero-order valence-electron chi connectivity index (χ0n) is 12.9. The molecule has 1 saturated carbocycles. The quantitative estimate of drug-likeness (QED) is 0.724. The fourth-order valence-corrected chi connectivity index (χ4v) is 2.94. The van der Waals surface area contributed by atoms with Gasteiger partial charge in [0.25, 0.3) is 0 Å². The molecule has 1 aliphatic carbocycles. The Labute approximate surface area is 128 Å². The molecule has 0 radical (unpaired) electrons. The van der Waals surface area contributed by atoms with Crippen LogP contribution in [0.4, 0.5) is 0 Å². The van der Waals surface area contributed by atoms with Crippen LogP contribution in [0.25, 0.3) is 11.1 Å². The lowest BCUT2D eigenvalue weighted by Crippen LogP contribution is -2.13. The summed E-state index contributed by atoms with van der Waals surface area (Å²) in [5, 5.41) is 3.45. The summed E-state index contributed by atoms with van der Waals surface area (Å²) in [7, 11) is 0. The molecule has 110 valence electrons. The van der Waals surface area contributed by atoms with Gasteiger partial charge in [0, 0.05) is 6.54 Å². The van der Waals surface area contributed by atoms with Crippen molar-refractivity contribution in [3.8, 4) is 11.1 Å². The first-order valence-corrected chi connectivity index (χ1v) is 8.27. The molecule has 0 unspecified atom stereocenters. The summed E-state index contributed by atoms with van der Waals surface area (Å²) in [5.41, 5.74) is 5.57. The molecule has 2 aromatic rings. The Balaban J connectivity index is 1.71. The number of rotatable bonds is 6. The van der Waals surface area contributed by atoms with Crippen molar-refractivity contribution in [3.05, 3.63) is 59.7 Å². The fraction of sp³-hybridized carbons (Fsp3) is 0.400. The minimum absolute atomic E-state index is 0.808. The van der Waals surface area contributed by atoms with Crippen molar-refractivity contribution < 1.29 is 0 Å². The standard InChI is InChI=1S/C20H25N/c1-2-13-21-15-16-9-11-18(12-10-16)20-8-4-7-19(14-20)17-5-3-6-17/h4,7-12,14,17,21H,2-3,5-6,13,15H2,1H3. The van der Waals surface area contributed by atoms with Crippen LogP contribution in [0.5, 0.6) is 0 Å². The molecule has 1 nitrogen and oxygen atoms in total. The van der Waals surface area contributed by atoms with Crippen molar-refractivity contribution in [1.82, 2.24) is 5.32 Å². The van der Waals surface area contributed by atoms with E-state index in [1.54, 1.807) is 0 Å². The van der Waals surface area contributed by atoms with E-state index >= 15 is 0 Å². The summed E-state index contributed by atoms with van der Waals surface area (Å²) >= 11 is 0. The molecule has 0 aromatic heterocycles. The van der Waals surface area contributed by atoms with Crippen LogP contribution >= 0.6 is 0 Å². The van der Waals surface area contributed by atoms with Gasteiger partial charge in [0.15, 0.2) is 0 Å². The number of hydrogen-bond acceptors (Lipinski definition) is 1. The monoisotopic (exact) mass is 279 g/mol. The van der Waals surface area contributed by atoms with Crippen molar-refractivity contribution in [2.24, 2.45) is 0 Å². The summed E-state index contributed by atoms with van der Waals surface area (Å²) in [6, 6.07) is 18.1. The molecule has 1 fully saturated rings. The summed E-state index contributed by atoms with van der Waals surface area (Å²) in [5.74, 6) is 0.808. The van der Waals surface area contributed by atoms with E-state index in [1.807, 2.05) is 0 Å². The Morgan fingerprint density at radius 2 is 1.81 bits per heavy atom. The van der Waals surface area contributed by atoms with Crippen molar-refractivity contribution in [2.45, 2.75) is 45.1 Å². The van der Waals surface area contributed by atoms with Gasteiger partial charge in [0.05, 0.1) is 0 Å². The topological polar surface area (TPSA) is 12.0 Å². The maximum Gasteiger partial charge on any atom is 0.0205 e. The molecule has 1 N–H and O–H groups in total. The van der Waals surface area contributed by atoms with Gasteiger partial charge in [0.2, 0.25) is 0 Å². The lowest BCUT2D eigenvalue weighted by atomic mass is 9.79. The van der Waals surface area contributed by atoms with Gasteiger partial charge in [-0.1, -0.05) is 61.9 Å². The van der Waals surface area contributed by atoms with E-state index in [1.165, 1.54) is 47.9 Å². The fourth-order valence-electron chi connectivity index (χ4n) is 2.94. The van der Waals surface area contributed by atoms with Crippen LogP contribution in [-0.2, 0) is 6.54 Å². The van der Waals surface area contributed by atoms with Gasteiger partial charge >= 0.3 is 0 Å². The molecular formula is C20H25N. The summed E-state index contributed by atoms with van der Waals surface area (Å²) in [6.07, 6.45) is 5.32. The van der Waals surface area contributed by atoms with Gasteiger partial charge in [-0.05, 0) is 54.0 Å². The molecule has 0 amide bonds. The maximum atomic E-state index is 3.45. The van der Waals surface area contributed by atoms with Crippen LogP contribution < -0.4 is 5.32 Å². The lowest BCUT2D eigenvalue weighted by molar-refractivity contribution is 0.420. The third kappa shape index (κ3) is 3.54. The zero-order chi connectivity index (χ0) is 14.5. The van der Waals surface area contributed by atoms with E-state index < -0.39 is 0 Å². The maximum absolute atomic E-state index is 3.45. The van der Waals surface area contributed by atoms with Crippen LogP contribution in [0, 0.1) is 0 Å². The minimum atomic E-state index is 0.808. The number of hydrogen-bond donors (Lipinski definition) is 1. The lowest BCUT2D eigenvalue weighted by Gasteiger charge is -2.26. The summed E-state index contributed by atoms with van der Waals surface area (Å²) in [6.45, 7) is 4.26. The first kappa shape index (κ1) is 14.3. The summed E-state index contributed by atoms with van der Waals surface area (Å²) < 4.78 is 0. The van der Waals surface area contributed by atoms with Crippen LogP contribution in [0.2, 0.25) is 0 Å². The van der Waals surface area contributed by atoms with Gasteiger partial charge in [-0.15, -0.1) is 0 Å². The van der Waals surface area contributed by atoms with E-state index in [0.29, 0.717) is 0 Å². The highest BCUT2D eigenvalue weighted by atomic mass is 14.8. The van der Waals surface area contributed by atoms with E-state index in [4.69, 9.17) is 0 Å². The van der Waals surface area contributed by atoms with Crippen molar-refractivity contribution in [3.63, 3.8) is 0 Å². The minimum Gasteiger partial charge on any atom is -0.313 e. The van der Waals surface area contributed by atoms with Gasteiger partial charge in [-0.25, -0.2) is 0 Å². The highest BCUT2D eigenvalue weighted by Crippen LogP contribution is 2.37. The molecule has 0 aliphatic heterocycles. The molecule has 0 spiro atoms. The van der Waals surface area contributed by atoms with Crippen LogP contribution in [-0.4, -0.2) is 6.54 Å². The average molecular weight is 279 g/mol. The SMILES string of the molecule is CCCNCc1ccc(-c2cccc(C3CCC3)c2)cc1. The molecular weight excluding hydrogens is 254 g/mol. The Morgan fingerprint density at radius 1 is 1.00 bits per heavy atom. The normalized spacial score (nSPS) is 14.9. The third-order valence-electron chi connectivity index (χ3n) is 4.51. The second-order valence-corrected chi connectivity index (χ2v) is 6.13. The molecule has 1 aliphatic rings. The van der Waals surface area contributed by atoms with E-state index in [9.17, 15) is 0 Å². The Hall–Kier alpha value is -1.60. The first-order valence-electron chi connectivity index (χ1n) is 8.27. The van der Waals surface area contributed by atoms with Gasteiger partial charge < -0.3 is 5.32 Å². The molecule has 0 atom stereocenters. The average Bonchev–Trinajstić information content (AvgIpc) is 2.47. The van der Waals surface area contributed by atoms with Crippen LogP contribution in [0.3, 0.4) is 0 Å². The molecule has 0 bridgehead atoms. The highest BCUT2D eigenvalue weighted by Gasteiger charge is 2.19. The number of benzene rings is 2. The van der Waals surface area contributed by atoms with Crippen molar-refractivity contribution in [2.75, 3.05) is 6.54 Å². The van der Waals surface area contributed by atoms with E-state index in [-0.39, 0.29) is 0 Å². The van der Waals surface area contributed by atoms with E-state index in [0.717, 1.165) is 19.0 Å². The Kier molecular flexibility index (Phi) is 4.72. The predicted octanol–water partition coefficient (Wildman–Crippen LogP) is 5.12. The second kappa shape index (κ2) is 6.91. The van der Waals surface area contributed by atoms with Crippen LogP contribution in [0.15, 0.2) is 48.5 Å². The Bertz CT molecular complexity index is 567. The molecule has 1 heteroatoms. The summed E-state index contributed by atoms with van der Waals surface area (Å²) in [4.78, 5) is 0. The largest absolute Gasteiger partial charge is 0.313 e. The number of nitrogens with one attached hydrogen (secondary N) is 1. The van der Waals surface area contributed by atoms with E-state index in [2.05, 4.69) is 60.8 Å². The van der Waals surface area contributed by atoms with Crippen molar-refractivity contribution in [1.29, 1.82) is 0 Å². The molecule has 21 heavy (non-hydrogen) atoms. The smallest absolute Gasteiger partial charge is 0.0205 e. The highest BCUT2D eigenvalue weighted by molar-refractivity contribution is 5.64. The first-order chi connectivity index (χ1) is 10.4. The molecule has 0 heterocycles. The van der Waals surface area contributed by atoms with Gasteiger partial charge in [0.1, 0.15) is 0 Å². The van der Waals surface area contributed by atoms with Crippen LogP contribution in [0.1, 0.15) is 49.7 Å². The molecule has 2 aromatic carbocycles. The zero-order valence-corrected chi connectivity index (χ0v) is 12.9.